The van der Waals surface area contributed by atoms with Gasteiger partial charge in [0.25, 0.3) is 0 Å². The molecule has 82 valence electrons. The molecule has 1 amide bonds. The summed E-state index contributed by atoms with van der Waals surface area (Å²) in [6.45, 7) is 5.27. The van der Waals surface area contributed by atoms with E-state index in [1.165, 1.54) is 12.4 Å². The third-order valence-corrected chi connectivity index (χ3v) is 1.17. The number of carbonyl (C=O) groups excluding carboxylic acids is 1. The molecule has 6 nitrogen and oxygen atoms in total. The van der Waals surface area contributed by atoms with Crippen molar-refractivity contribution >= 4 is 6.09 Å². The summed E-state index contributed by atoms with van der Waals surface area (Å²) in [6, 6.07) is 1.70. The lowest BCUT2D eigenvalue weighted by atomic mass is 10.2. The molecular weight excluding hydrogens is 198 g/mol. The standard InChI is InChI=1S/C9H13N3O3/c1-9(2,3)14-8(13)12-15-7-10-5-4-6-11-7/h4-6H,1-3H3,(H,12,13). The highest BCUT2D eigenvalue weighted by Crippen LogP contribution is 2.06. The summed E-state index contributed by atoms with van der Waals surface area (Å²) >= 11 is 0. The lowest BCUT2D eigenvalue weighted by molar-refractivity contribution is 0.0268. The Hall–Kier alpha value is -1.85. The van der Waals surface area contributed by atoms with E-state index in [-0.39, 0.29) is 6.01 Å². The first-order valence-corrected chi connectivity index (χ1v) is 4.40. The maximum Gasteiger partial charge on any atom is 0.441 e. The molecule has 0 spiro atoms. The van der Waals surface area contributed by atoms with E-state index in [0.717, 1.165) is 0 Å². The summed E-state index contributed by atoms with van der Waals surface area (Å²) in [6.07, 6.45) is 2.31. The van der Waals surface area contributed by atoms with E-state index in [9.17, 15) is 4.79 Å². The quantitative estimate of drug-likeness (QED) is 0.746. The van der Waals surface area contributed by atoms with E-state index < -0.39 is 11.7 Å². The molecule has 0 atom stereocenters. The summed E-state index contributed by atoms with van der Waals surface area (Å²) < 4.78 is 4.93. The van der Waals surface area contributed by atoms with Gasteiger partial charge in [0.05, 0.1) is 0 Å². The minimum absolute atomic E-state index is 0.0587. The Morgan fingerprint density at radius 2 is 1.93 bits per heavy atom. The largest absolute Gasteiger partial charge is 0.442 e. The summed E-state index contributed by atoms with van der Waals surface area (Å²) in [4.78, 5) is 23.4. The van der Waals surface area contributed by atoms with Crippen molar-refractivity contribution in [1.29, 1.82) is 0 Å². The third-order valence-electron chi connectivity index (χ3n) is 1.17. The highest BCUT2D eigenvalue weighted by Gasteiger charge is 2.16. The second-order valence-electron chi connectivity index (χ2n) is 3.74. The number of amides is 1. The van der Waals surface area contributed by atoms with Crippen molar-refractivity contribution in [3.05, 3.63) is 18.5 Å². The molecule has 0 aliphatic carbocycles. The van der Waals surface area contributed by atoms with Crippen LogP contribution in [-0.2, 0) is 4.74 Å². The van der Waals surface area contributed by atoms with E-state index in [1.54, 1.807) is 26.8 Å². The van der Waals surface area contributed by atoms with Crippen LogP contribution in [0.5, 0.6) is 6.01 Å². The molecule has 0 bridgehead atoms. The molecule has 1 aromatic heterocycles. The van der Waals surface area contributed by atoms with Gasteiger partial charge in [0.2, 0.25) is 0 Å². The van der Waals surface area contributed by atoms with Gasteiger partial charge in [-0.2, -0.15) is 0 Å². The van der Waals surface area contributed by atoms with Gasteiger partial charge in [-0.25, -0.2) is 14.8 Å². The number of aromatic nitrogens is 2. The first kappa shape index (κ1) is 11.2. The van der Waals surface area contributed by atoms with Gasteiger partial charge in [-0.3, -0.25) is 0 Å². The van der Waals surface area contributed by atoms with E-state index >= 15 is 0 Å². The SMILES string of the molecule is CC(C)(C)OC(=O)NOc1ncccn1. The van der Waals surface area contributed by atoms with E-state index in [0.29, 0.717) is 0 Å². The van der Waals surface area contributed by atoms with E-state index in [2.05, 4.69) is 15.4 Å². The smallest absolute Gasteiger partial charge is 0.441 e. The average Bonchev–Trinajstić information content (AvgIpc) is 2.14. The van der Waals surface area contributed by atoms with Crippen LogP contribution in [0, 0.1) is 0 Å². The van der Waals surface area contributed by atoms with Crippen LogP contribution in [0.4, 0.5) is 4.79 Å². The number of hydrogen-bond acceptors (Lipinski definition) is 5. The van der Waals surface area contributed by atoms with Crippen molar-refractivity contribution in [2.45, 2.75) is 26.4 Å². The van der Waals surface area contributed by atoms with Crippen LogP contribution in [0.15, 0.2) is 18.5 Å². The molecule has 1 aromatic rings. The van der Waals surface area contributed by atoms with Gasteiger partial charge in [0, 0.05) is 12.4 Å². The Kier molecular flexibility index (Phi) is 3.43. The molecule has 1 heterocycles. The van der Waals surface area contributed by atoms with Gasteiger partial charge >= 0.3 is 12.1 Å². The Labute approximate surface area is 87.6 Å². The summed E-state index contributed by atoms with van der Waals surface area (Å²) in [5.74, 6) is 0. The zero-order chi connectivity index (χ0) is 11.3. The van der Waals surface area contributed by atoms with Gasteiger partial charge in [-0.15, -0.1) is 5.48 Å². The molecule has 15 heavy (non-hydrogen) atoms. The molecule has 0 aromatic carbocycles. The molecule has 0 aliphatic rings. The first-order chi connectivity index (χ1) is 6.97. The Balaban J connectivity index is 2.35. The third kappa shape index (κ3) is 4.80. The number of hydroxylamine groups is 1. The molecule has 0 unspecified atom stereocenters. The monoisotopic (exact) mass is 211 g/mol. The summed E-state index contributed by atoms with van der Waals surface area (Å²) in [5.41, 5.74) is 1.50. The number of nitrogens with one attached hydrogen (secondary N) is 1. The van der Waals surface area contributed by atoms with Crippen LogP contribution in [0.2, 0.25) is 0 Å². The molecular formula is C9H13N3O3. The normalized spacial score (nSPS) is 10.6. The van der Waals surface area contributed by atoms with Crippen LogP contribution in [-0.4, -0.2) is 21.7 Å². The predicted molar refractivity (Wildman–Crippen MR) is 52.0 cm³/mol. The van der Waals surface area contributed by atoms with Gasteiger partial charge in [0.15, 0.2) is 0 Å². The van der Waals surface area contributed by atoms with Crippen LogP contribution in [0.3, 0.4) is 0 Å². The number of hydrogen-bond donors (Lipinski definition) is 1. The number of rotatable bonds is 2. The fraction of sp³-hybridized carbons (Fsp3) is 0.444. The first-order valence-electron chi connectivity index (χ1n) is 4.40. The van der Waals surface area contributed by atoms with Crippen molar-refractivity contribution in [2.24, 2.45) is 0 Å². The van der Waals surface area contributed by atoms with E-state index in [1.807, 2.05) is 0 Å². The maximum atomic E-state index is 11.1. The van der Waals surface area contributed by atoms with Crippen LogP contribution in [0.1, 0.15) is 20.8 Å². The van der Waals surface area contributed by atoms with Crippen molar-refractivity contribution in [3.63, 3.8) is 0 Å². The second kappa shape index (κ2) is 4.59. The molecule has 1 N–H and O–H groups in total. The lowest BCUT2D eigenvalue weighted by Crippen LogP contribution is -2.34. The molecule has 0 radical (unpaired) electrons. The Morgan fingerprint density at radius 3 is 2.47 bits per heavy atom. The van der Waals surface area contributed by atoms with Crippen LogP contribution >= 0.6 is 0 Å². The average molecular weight is 211 g/mol. The van der Waals surface area contributed by atoms with Crippen LogP contribution < -0.4 is 10.3 Å². The zero-order valence-electron chi connectivity index (χ0n) is 8.85. The Bertz CT molecular complexity index is 321. The number of carbonyl (C=O) groups is 1. The minimum atomic E-state index is -0.685. The maximum absolute atomic E-state index is 11.1. The highest BCUT2D eigenvalue weighted by atomic mass is 16.7. The molecule has 6 heteroatoms. The van der Waals surface area contributed by atoms with Crippen molar-refractivity contribution in [2.75, 3.05) is 0 Å². The number of nitrogens with zero attached hydrogens (tertiary/aromatic N) is 2. The fourth-order valence-electron chi connectivity index (χ4n) is 0.724. The molecule has 0 saturated carbocycles. The highest BCUT2D eigenvalue weighted by molar-refractivity contribution is 5.66. The topological polar surface area (TPSA) is 73.3 Å². The zero-order valence-corrected chi connectivity index (χ0v) is 8.85. The molecule has 0 aliphatic heterocycles. The predicted octanol–water partition coefficient (Wildman–Crippen LogP) is 1.30. The van der Waals surface area contributed by atoms with Crippen LogP contribution in [0.25, 0.3) is 0 Å². The van der Waals surface area contributed by atoms with Crippen molar-refractivity contribution in [3.8, 4) is 6.01 Å². The summed E-state index contributed by atoms with van der Waals surface area (Å²) in [7, 11) is 0. The van der Waals surface area contributed by atoms with Crippen molar-refractivity contribution < 1.29 is 14.4 Å². The van der Waals surface area contributed by atoms with Gasteiger partial charge in [-0.05, 0) is 26.8 Å². The second-order valence-corrected chi connectivity index (χ2v) is 3.74. The summed E-state index contributed by atoms with van der Waals surface area (Å²) in [5, 5.41) is 0. The molecule has 0 fully saturated rings. The number of ether oxygens (including phenoxy) is 1. The van der Waals surface area contributed by atoms with Gasteiger partial charge < -0.3 is 9.57 Å². The van der Waals surface area contributed by atoms with Crippen molar-refractivity contribution in [1.82, 2.24) is 15.4 Å². The van der Waals surface area contributed by atoms with Gasteiger partial charge in [-0.1, -0.05) is 0 Å². The Morgan fingerprint density at radius 1 is 1.33 bits per heavy atom. The van der Waals surface area contributed by atoms with E-state index in [4.69, 9.17) is 9.57 Å². The molecule has 0 saturated heterocycles. The van der Waals surface area contributed by atoms with Gasteiger partial charge in [0.1, 0.15) is 5.60 Å². The lowest BCUT2D eigenvalue weighted by Gasteiger charge is -2.18. The fourth-order valence-corrected chi connectivity index (χ4v) is 0.724. The minimum Gasteiger partial charge on any atom is -0.442 e. The molecule has 1 rings (SSSR count).